The number of pyridine rings is 1. The number of aromatic nitrogens is 1. The van der Waals surface area contributed by atoms with Crippen molar-refractivity contribution in [2.45, 2.75) is 19.4 Å². The molecule has 1 heterocycles. The molecular weight excluding hydrogens is 229 g/mol. The van der Waals surface area contributed by atoms with Crippen LogP contribution in [0.3, 0.4) is 0 Å². The van der Waals surface area contributed by atoms with E-state index in [2.05, 4.69) is 4.98 Å². The molecule has 1 aromatic heterocycles. The standard InChI is InChI=1S/C14H16FN3/c1-9-5-12(14(17)18-8-9)13(16)7-10-3-2-4-11(15)6-10/h2-6,8,13H,7,16H2,1H3,(H2,17,18). The quantitative estimate of drug-likeness (QED) is 0.872. The average molecular weight is 245 g/mol. The van der Waals surface area contributed by atoms with Gasteiger partial charge < -0.3 is 11.5 Å². The van der Waals surface area contributed by atoms with E-state index in [1.54, 1.807) is 12.3 Å². The summed E-state index contributed by atoms with van der Waals surface area (Å²) in [5.41, 5.74) is 14.6. The number of nitrogens with zero attached hydrogens (tertiary/aromatic N) is 1. The highest BCUT2D eigenvalue weighted by molar-refractivity contribution is 5.43. The maximum Gasteiger partial charge on any atom is 0.128 e. The Labute approximate surface area is 106 Å². The first kappa shape index (κ1) is 12.5. The third-order valence-electron chi connectivity index (χ3n) is 2.83. The minimum atomic E-state index is -0.279. The second-order valence-corrected chi connectivity index (χ2v) is 4.43. The topological polar surface area (TPSA) is 64.9 Å². The van der Waals surface area contributed by atoms with Crippen molar-refractivity contribution in [3.8, 4) is 0 Å². The van der Waals surface area contributed by atoms with Crippen LogP contribution in [-0.2, 0) is 6.42 Å². The van der Waals surface area contributed by atoms with Crippen LogP contribution in [0.15, 0.2) is 36.5 Å². The van der Waals surface area contributed by atoms with Gasteiger partial charge in [0.2, 0.25) is 0 Å². The number of hydrogen-bond acceptors (Lipinski definition) is 3. The van der Waals surface area contributed by atoms with Crippen molar-refractivity contribution in [3.63, 3.8) is 0 Å². The van der Waals surface area contributed by atoms with E-state index < -0.39 is 0 Å². The first-order valence-corrected chi connectivity index (χ1v) is 5.78. The van der Waals surface area contributed by atoms with E-state index in [1.165, 1.54) is 12.1 Å². The highest BCUT2D eigenvalue weighted by Crippen LogP contribution is 2.21. The van der Waals surface area contributed by atoms with Gasteiger partial charge in [-0.3, -0.25) is 0 Å². The fraction of sp³-hybridized carbons (Fsp3) is 0.214. The molecule has 0 bridgehead atoms. The van der Waals surface area contributed by atoms with Crippen LogP contribution in [-0.4, -0.2) is 4.98 Å². The van der Waals surface area contributed by atoms with Gasteiger partial charge in [-0.15, -0.1) is 0 Å². The minimum absolute atomic E-state index is 0.255. The number of anilines is 1. The second kappa shape index (κ2) is 5.14. The Morgan fingerprint density at radius 2 is 2.11 bits per heavy atom. The molecule has 0 amide bonds. The van der Waals surface area contributed by atoms with Gasteiger partial charge in [0.25, 0.3) is 0 Å². The van der Waals surface area contributed by atoms with Crippen LogP contribution in [0.2, 0.25) is 0 Å². The largest absolute Gasteiger partial charge is 0.383 e. The average Bonchev–Trinajstić information content (AvgIpc) is 2.32. The summed E-state index contributed by atoms with van der Waals surface area (Å²) < 4.78 is 13.1. The van der Waals surface area contributed by atoms with Crippen LogP contribution >= 0.6 is 0 Å². The predicted octanol–water partition coefficient (Wildman–Crippen LogP) is 2.35. The summed E-state index contributed by atoms with van der Waals surface area (Å²) in [4.78, 5) is 4.08. The van der Waals surface area contributed by atoms with E-state index >= 15 is 0 Å². The van der Waals surface area contributed by atoms with Gasteiger partial charge in [0, 0.05) is 17.8 Å². The molecule has 3 nitrogen and oxygen atoms in total. The third kappa shape index (κ3) is 2.84. The van der Waals surface area contributed by atoms with Crippen molar-refractivity contribution in [2.24, 2.45) is 5.73 Å². The molecule has 0 aliphatic heterocycles. The molecule has 0 aliphatic rings. The van der Waals surface area contributed by atoms with Crippen LogP contribution in [0.5, 0.6) is 0 Å². The van der Waals surface area contributed by atoms with Gasteiger partial charge in [-0.25, -0.2) is 9.37 Å². The number of hydrogen-bond donors (Lipinski definition) is 2. The molecule has 1 unspecified atom stereocenters. The summed E-state index contributed by atoms with van der Waals surface area (Å²) in [6, 6.07) is 8.07. The number of nitrogens with two attached hydrogens (primary N) is 2. The van der Waals surface area contributed by atoms with Crippen LogP contribution in [0.25, 0.3) is 0 Å². The molecule has 0 saturated heterocycles. The van der Waals surface area contributed by atoms with Gasteiger partial charge in [-0.05, 0) is 42.7 Å². The predicted molar refractivity (Wildman–Crippen MR) is 70.4 cm³/mol. The summed E-state index contributed by atoms with van der Waals surface area (Å²) in [6.07, 6.45) is 2.24. The molecule has 2 rings (SSSR count). The van der Waals surface area contributed by atoms with Gasteiger partial charge in [0.05, 0.1) is 0 Å². The Hall–Kier alpha value is -1.94. The number of aryl methyl sites for hydroxylation is 1. The summed E-state index contributed by atoms with van der Waals surface area (Å²) in [5, 5.41) is 0. The van der Waals surface area contributed by atoms with Crippen molar-refractivity contribution in [2.75, 3.05) is 5.73 Å². The van der Waals surface area contributed by atoms with Crippen molar-refractivity contribution >= 4 is 5.82 Å². The molecule has 0 spiro atoms. The Morgan fingerprint density at radius 3 is 2.83 bits per heavy atom. The van der Waals surface area contributed by atoms with E-state index in [9.17, 15) is 4.39 Å². The van der Waals surface area contributed by atoms with Gasteiger partial charge in [0.1, 0.15) is 11.6 Å². The molecule has 0 saturated carbocycles. The van der Waals surface area contributed by atoms with Gasteiger partial charge >= 0.3 is 0 Å². The molecule has 0 fully saturated rings. The summed E-state index contributed by atoms with van der Waals surface area (Å²) in [6.45, 7) is 1.94. The Morgan fingerprint density at radius 1 is 1.33 bits per heavy atom. The monoisotopic (exact) mass is 245 g/mol. The van der Waals surface area contributed by atoms with Crippen LogP contribution in [0.1, 0.15) is 22.7 Å². The third-order valence-corrected chi connectivity index (χ3v) is 2.83. The molecule has 1 atom stereocenters. The lowest BCUT2D eigenvalue weighted by Gasteiger charge is -2.14. The van der Waals surface area contributed by atoms with Gasteiger partial charge in [0.15, 0.2) is 0 Å². The Kier molecular flexibility index (Phi) is 3.58. The summed E-state index contributed by atoms with van der Waals surface area (Å²) in [7, 11) is 0. The van der Waals surface area contributed by atoms with Crippen molar-refractivity contribution in [1.82, 2.24) is 4.98 Å². The molecule has 4 heteroatoms. The number of halogens is 1. The molecule has 0 radical (unpaired) electrons. The number of nitrogen functional groups attached to an aromatic ring is 1. The highest BCUT2D eigenvalue weighted by atomic mass is 19.1. The van der Waals surface area contributed by atoms with Crippen LogP contribution < -0.4 is 11.5 Å². The van der Waals surface area contributed by atoms with E-state index in [1.807, 2.05) is 19.1 Å². The van der Waals surface area contributed by atoms with E-state index in [-0.39, 0.29) is 11.9 Å². The van der Waals surface area contributed by atoms with Crippen molar-refractivity contribution in [1.29, 1.82) is 0 Å². The maximum absolute atomic E-state index is 13.1. The molecular formula is C14H16FN3. The first-order chi connectivity index (χ1) is 8.56. The second-order valence-electron chi connectivity index (χ2n) is 4.43. The molecule has 0 aliphatic carbocycles. The van der Waals surface area contributed by atoms with E-state index in [0.717, 1.165) is 16.7 Å². The normalized spacial score (nSPS) is 12.4. The zero-order chi connectivity index (χ0) is 13.1. The lowest BCUT2D eigenvalue weighted by atomic mass is 9.99. The minimum Gasteiger partial charge on any atom is -0.383 e. The van der Waals surface area contributed by atoms with Crippen molar-refractivity contribution < 1.29 is 4.39 Å². The lowest BCUT2D eigenvalue weighted by molar-refractivity contribution is 0.622. The number of rotatable bonds is 3. The molecule has 94 valence electrons. The molecule has 2 aromatic rings. The van der Waals surface area contributed by atoms with Crippen LogP contribution in [0.4, 0.5) is 10.2 Å². The fourth-order valence-corrected chi connectivity index (χ4v) is 1.93. The fourth-order valence-electron chi connectivity index (χ4n) is 1.93. The molecule has 1 aromatic carbocycles. The van der Waals surface area contributed by atoms with Crippen LogP contribution in [0, 0.1) is 12.7 Å². The maximum atomic E-state index is 13.1. The highest BCUT2D eigenvalue weighted by Gasteiger charge is 2.12. The summed E-state index contributed by atoms with van der Waals surface area (Å²) in [5.74, 6) is 0.180. The zero-order valence-electron chi connectivity index (χ0n) is 10.2. The zero-order valence-corrected chi connectivity index (χ0v) is 10.2. The van der Waals surface area contributed by atoms with E-state index in [4.69, 9.17) is 11.5 Å². The summed E-state index contributed by atoms with van der Waals surface area (Å²) >= 11 is 0. The van der Waals surface area contributed by atoms with Crippen molar-refractivity contribution in [3.05, 3.63) is 59.0 Å². The lowest BCUT2D eigenvalue weighted by Crippen LogP contribution is -2.16. The number of benzene rings is 1. The van der Waals surface area contributed by atoms with Gasteiger partial charge in [-0.2, -0.15) is 0 Å². The first-order valence-electron chi connectivity index (χ1n) is 5.78. The SMILES string of the molecule is Cc1cnc(N)c(C(N)Cc2cccc(F)c2)c1. The van der Waals surface area contributed by atoms with Gasteiger partial charge in [-0.1, -0.05) is 12.1 Å². The molecule has 18 heavy (non-hydrogen) atoms. The van der Waals surface area contributed by atoms with E-state index in [0.29, 0.717) is 12.2 Å². The Bertz CT molecular complexity index is 554. The molecule has 4 N–H and O–H groups in total. The smallest absolute Gasteiger partial charge is 0.128 e. The Balaban J connectivity index is 2.21.